The summed E-state index contributed by atoms with van der Waals surface area (Å²) >= 11 is 1.87. The van der Waals surface area contributed by atoms with Gasteiger partial charge in [-0.2, -0.15) is 0 Å². The maximum absolute atomic E-state index is 2.43. The van der Waals surface area contributed by atoms with E-state index in [-0.39, 0.29) is 10.8 Å². The number of rotatable bonds is 6. The van der Waals surface area contributed by atoms with Crippen molar-refractivity contribution < 1.29 is 0 Å². The molecule has 0 saturated heterocycles. The lowest BCUT2D eigenvalue weighted by atomic mass is 9.78. The van der Waals surface area contributed by atoms with Crippen LogP contribution in [0.3, 0.4) is 0 Å². The summed E-state index contributed by atoms with van der Waals surface area (Å²) in [5, 5.41) is 2.66. The first-order valence-corrected chi connectivity index (χ1v) is 22.6. The summed E-state index contributed by atoms with van der Waals surface area (Å²) < 4.78 is 2.65. The number of anilines is 3. The quantitative estimate of drug-likeness (QED) is 0.162. The molecule has 0 saturated carbocycles. The Labute approximate surface area is 368 Å². The molecule has 12 rings (SSSR count). The summed E-state index contributed by atoms with van der Waals surface area (Å²) in [5.74, 6) is 0. The topological polar surface area (TPSA) is 3.24 Å². The minimum Gasteiger partial charge on any atom is -0.310 e. The second-order valence-electron chi connectivity index (χ2n) is 18.1. The van der Waals surface area contributed by atoms with Crippen molar-refractivity contribution in [3.05, 3.63) is 222 Å². The molecule has 0 N–H and O–H groups in total. The van der Waals surface area contributed by atoms with Crippen molar-refractivity contribution in [2.45, 2.75) is 38.5 Å². The minimum absolute atomic E-state index is 0.106. The zero-order chi connectivity index (χ0) is 41.7. The highest BCUT2D eigenvalue weighted by Gasteiger charge is 2.38. The number of nitrogens with zero attached hydrogens (tertiary/aromatic N) is 1. The Bertz CT molecular complexity index is 3400. The molecule has 0 unspecified atom stereocenters. The lowest BCUT2D eigenvalue weighted by Gasteiger charge is -2.28. The third kappa shape index (κ3) is 5.46. The maximum atomic E-state index is 2.43. The molecular formula is C60H45NS. The summed E-state index contributed by atoms with van der Waals surface area (Å²) in [6, 6.07) is 74.7. The van der Waals surface area contributed by atoms with Gasteiger partial charge in [-0.3, -0.25) is 0 Å². The Kier molecular flexibility index (Phi) is 8.17. The molecule has 0 fully saturated rings. The molecule has 2 aliphatic rings. The fourth-order valence-corrected chi connectivity index (χ4v) is 12.0. The molecule has 1 aromatic heterocycles. The van der Waals surface area contributed by atoms with Crippen LogP contribution in [0.15, 0.2) is 200 Å². The monoisotopic (exact) mass is 811 g/mol. The standard InChI is InChI=1S/C60H45NS/c1-59(2)52-23-10-7-17-46(52)48-36-35-42(37-54(48)59)61(41-33-29-39(30-34-41)44-20-14-26-56-57(44)51-19-9-12-25-55(51)62-56)40-31-27-38(28-32-40)43-15-5-6-16-45(43)49-21-13-22-50-47-18-8-11-24-53(47)60(3,4)58(49)50/h5-37H,1-4H3. The second kappa shape index (κ2) is 13.8. The van der Waals surface area contributed by atoms with E-state index < -0.39 is 0 Å². The second-order valence-corrected chi connectivity index (χ2v) is 19.1. The van der Waals surface area contributed by atoms with E-state index in [4.69, 9.17) is 0 Å². The summed E-state index contributed by atoms with van der Waals surface area (Å²) in [7, 11) is 0. The van der Waals surface area contributed by atoms with Crippen molar-refractivity contribution in [1.82, 2.24) is 0 Å². The van der Waals surface area contributed by atoms with Gasteiger partial charge < -0.3 is 4.90 Å². The third-order valence-electron chi connectivity index (χ3n) is 13.9. The van der Waals surface area contributed by atoms with E-state index in [2.05, 4.69) is 233 Å². The van der Waals surface area contributed by atoms with Gasteiger partial charge in [0.2, 0.25) is 0 Å². The third-order valence-corrected chi connectivity index (χ3v) is 15.0. The van der Waals surface area contributed by atoms with E-state index in [9.17, 15) is 0 Å². The summed E-state index contributed by atoms with van der Waals surface area (Å²) in [6.07, 6.45) is 0. The molecule has 0 spiro atoms. The van der Waals surface area contributed by atoms with Gasteiger partial charge in [-0.15, -0.1) is 11.3 Å². The van der Waals surface area contributed by atoms with Gasteiger partial charge in [-0.05, 0) is 126 Å². The first-order chi connectivity index (χ1) is 30.3. The van der Waals surface area contributed by atoms with Gasteiger partial charge in [-0.1, -0.05) is 179 Å². The van der Waals surface area contributed by atoms with E-state index in [0.717, 1.165) is 17.1 Å². The fourth-order valence-electron chi connectivity index (χ4n) is 10.9. The van der Waals surface area contributed by atoms with Gasteiger partial charge in [0, 0.05) is 48.1 Å². The molecule has 2 aliphatic carbocycles. The summed E-state index contributed by atoms with van der Waals surface area (Å²) in [6.45, 7) is 9.49. The molecule has 0 aliphatic heterocycles. The molecule has 2 heteroatoms. The predicted octanol–water partition coefficient (Wildman–Crippen LogP) is 17.1. The Morgan fingerprint density at radius 1 is 0.339 bits per heavy atom. The minimum atomic E-state index is -0.111. The van der Waals surface area contributed by atoms with Crippen LogP contribution in [0.1, 0.15) is 49.9 Å². The van der Waals surface area contributed by atoms with Crippen LogP contribution < -0.4 is 4.90 Å². The van der Waals surface area contributed by atoms with Gasteiger partial charge in [0.15, 0.2) is 0 Å². The van der Waals surface area contributed by atoms with Gasteiger partial charge >= 0.3 is 0 Å². The average molecular weight is 812 g/mol. The van der Waals surface area contributed by atoms with Crippen LogP contribution in [0, 0.1) is 0 Å². The Morgan fingerprint density at radius 3 is 1.52 bits per heavy atom. The van der Waals surface area contributed by atoms with Crippen molar-refractivity contribution >= 4 is 48.6 Å². The lowest BCUT2D eigenvalue weighted by molar-refractivity contribution is 0.660. The number of thiophene rings is 1. The molecule has 0 bridgehead atoms. The predicted molar refractivity (Wildman–Crippen MR) is 265 cm³/mol. The van der Waals surface area contributed by atoms with E-state index in [1.54, 1.807) is 0 Å². The van der Waals surface area contributed by atoms with Gasteiger partial charge in [0.25, 0.3) is 0 Å². The van der Waals surface area contributed by atoms with Crippen LogP contribution in [0.2, 0.25) is 0 Å². The van der Waals surface area contributed by atoms with Crippen molar-refractivity contribution in [1.29, 1.82) is 0 Å². The number of hydrogen-bond donors (Lipinski definition) is 0. The maximum Gasteiger partial charge on any atom is 0.0465 e. The van der Waals surface area contributed by atoms with Crippen LogP contribution in [-0.4, -0.2) is 0 Å². The normalized spacial score (nSPS) is 14.1. The smallest absolute Gasteiger partial charge is 0.0465 e. The first-order valence-electron chi connectivity index (χ1n) is 21.8. The fraction of sp³-hybridized carbons (Fsp3) is 0.100. The van der Waals surface area contributed by atoms with Crippen molar-refractivity contribution in [3.63, 3.8) is 0 Å². The van der Waals surface area contributed by atoms with Crippen molar-refractivity contribution in [2.75, 3.05) is 4.90 Å². The zero-order valence-corrected chi connectivity index (χ0v) is 36.2. The highest BCUT2D eigenvalue weighted by Crippen LogP contribution is 2.54. The van der Waals surface area contributed by atoms with Crippen LogP contribution in [0.5, 0.6) is 0 Å². The molecule has 0 radical (unpaired) electrons. The Hall–Kier alpha value is -7.00. The van der Waals surface area contributed by atoms with Gasteiger partial charge in [0.1, 0.15) is 0 Å². The molecule has 0 amide bonds. The molecule has 296 valence electrons. The van der Waals surface area contributed by atoms with Crippen LogP contribution in [0.4, 0.5) is 17.1 Å². The zero-order valence-electron chi connectivity index (χ0n) is 35.4. The summed E-state index contributed by atoms with van der Waals surface area (Å²) in [5.41, 5.74) is 21.6. The molecule has 1 heterocycles. The highest BCUT2D eigenvalue weighted by molar-refractivity contribution is 7.25. The van der Waals surface area contributed by atoms with Crippen LogP contribution in [0.25, 0.3) is 75.8 Å². The summed E-state index contributed by atoms with van der Waals surface area (Å²) in [4.78, 5) is 2.43. The molecule has 10 aromatic rings. The largest absolute Gasteiger partial charge is 0.310 e. The van der Waals surface area contributed by atoms with Gasteiger partial charge in [-0.25, -0.2) is 0 Å². The highest BCUT2D eigenvalue weighted by atomic mass is 32.1. The van der Waals surface area contributed by atoms with Crippen LogP contribution >= 0.6 is 11.3 Å². The molecule has 9 aromatic carbocycles. The van der Waals surface area contributed by atoms with E-state index >= 15 is 0 Å². The molecular weight excluding hydrogens is 767 g/mol. The van der Waals surface area contributed by atoms with Crippen LogP contribution in [-0.2, 0) is 10.8 Å². The Morgan fingerprint density at radius 2 is 0.806 bits per heavy atom. The number of benzene rings is 9. The molecule has 1 nitrogen and oxygen atoms in total. The van der Waals surface area contributed by atoms with Gasteiger partial charge in [0.05, 0.1) is 0 Å². The number of fused-ring (bicyclic) bond motifs is 9. The number of hydrogen-bond acceptors (Lipinski definition) is 2. The van der Waals surface area contributed by atoms with Crippen molar-refractivity contribution in [2.24, 2.45) is 0 Å². The SMILES string of the molecule is CC1(C)c2ccccc2-c2ccc(N(c3ccc(-c4ccccc4-c4cccc5c4C(C)(C)c4ccccc4-5)cc3)c3ccc(-c4cccc5sc6ccccc6c45)cc3)cc21. The Balaban J connectivity index is 0.972. The average Bonchev–Trinajstić information content (AvgIpc) is 3.89. The van der Waals surface area contributed by atoms with E-state index in [1.165, 1.54) is 98.1 Å². The molecule has 0 atom stereocenters. The van der Waals surface area contributed by atoms with E-state index in [0.29, 0.717) is 0 Å². The van der Waals surface area contributed by atoms with E-state index in [1.807, 2.05) is 11.3 Å². The first kappa shape index (κ1) is 36.8. The molecule has 62 heavy (non-hydrogen) atoms. The van der Waals surface area contributed by atoms with Crippen molar-refractivity contribution in [3.8, 4) is 55.6 Å². The lowest BCUT2D eigenvalue weighted by Crippen LogP contribution is -2.16.